The van der Waals surface area contributed by atoms with Crippen molar-refractivity contribution in [2.45, 2.75) is 13.8 Å². The molecule has 3 rings (SSSR count). The van der Waals surface area contributed by atoms with Crippen molar-refractivity contribution < 1.29 is 0 Å². The van der Waals surface area contributed by atoms with Crippen LogP contribution in [0.2, 0.25) is 0 Å². The first-order valence-corrected chi connectivity index (χ1v) is 8.94. The normalized spacial score (nSPS) is 10.1. The van der Waals surface area contributed by atoms with Gasteiger partial charge in [0, 0.05) is 36.3 Å². The first-order chi connectivity index (χ1) is 13.2. The van der Waals surface area contributed by atoms with E-state index in [4.69, 9.17) is 5.26 Å². The third kappa shape index (κ3) is 4.73. The lowest BCUT2D eigenvalue weighted by molar-refractivity contribution is 0.866. The summed E-state index contributed by atoms with van der Waals surface area (Å²) in [5, 5.41) is 15.3. The second kappa shape index (κ2) is 8.68. The fourth-order valence-corrected chi connectivity index (χ4v) is 2.74. The second-order valence-electron chi connectivity index (χ2n) is 5.92. The molecule has 3 aromatic rings. The zero-order valence-corrected chi connectivity index (χ0v) is 15.5. The highest BCUT2D eigenvalue weighted by Crippen LogP contribution is 2.21. The van der Waals surface area contributed by atoms with E-state index in [2.05, 4.69) is 57.6 Å². The monoisotopic (exact) mass is 358 g/mol. The summed E-state index contributed by atoms with van der Waals surface area (Å²) < 4.78 is 0. The van der Waals surface area contributed by atoms with Crippen LogP contribution in [0.25, 0.3) is 0 Å². The molecule has 6 nitrogen and oxygen atoms in total. The van der Waals surface area contributed by atoms with E-state index >= 15 is 0 Å². The molecule has 2 aromatic carbocycles. The van der Waals surface area contributed by atoms with Crippen LogP contribution in [0.1, 0.15) is 19.4 Å². The maximum Gasteiger partial charge on any atom is 0.229 e. The molecule has 0 aliphatic rings. The first kappa shape index (κ1) is 18.2. The molecule has 0 aliphatic carbocycles. The van der Waals surface area contributed by atoms with Crippen LogP contribution >= 0.6 is 0 Å². The number of hydrogen-bond donors (Lipinski definition) is 2. The Balaban J connectivity index is 1.69. The van der Waals surface area contributed by atoms with Crippen molar-refractivity contribution in [1.82, 2.24) is 9.97 Å². The molecular formula is C21H22N6. The number of nitrogens with zero attached hydrogens (tertiary/aromatic N) is 4. The predicted octanol–water partition coefficient (Wildman–Crippen LogP) is 4.68. The molecule has 0 bridgehead atoms. The van der Waals surface area contributed by atoms with Crippen LogP contribution in [0.4, 0.5) is 28.8 Å². The van der Waals surface area contributed by atoms with Crippen LogP contribution in [0.15, 0.2) is 60.8 Å². The lowest BCUT2D eigenvalue weighted by atomic mass is 10.2. The summed E-state index contributed by atoms with van der Waals surface area (Å²) >= 11 is 0. The van der Waals surface area contributed by atoms with Gasteiger partial charge in [0.2, 0.25) is 5.95 Å². The second-order valence-corrected chi connectivity index (χ2v) is 5.92. The number of benzene rings is 2. The molecule has 0 saturated carbocycles. The van der Waals surface area contributed by atoms with Gasteiger partial charge in [0.05, 0.1) is 11.6 Å². The van der Waals surface area contributed by atoms with Crippen LogP contribution in [-0.4, -0.2) is 23.1 Å². The Labute approximate surface area is 159 Å². The molecule has 1 aromatic heterocycles. The molecule has 0 fully saturated rings. The molecule has 1 heterocycles. The van der Waals surface area contributed by atoms with Crippen LogP contribution < -0.4 is 15.5 Å². The number of anilines is 5. The summed E-state index contributed by atoms with van der Waals surface area (Å²) in [4.78, 5) is 11.0. The molecule has 6 heteroatoms. The van der Waals surface area contributed by atoms with Gasteiger partial charge in [0.1, 0.15) is 5.82 Å². The van der Waals surface area contributed by atoms with E-state index in [9.17, 15) is 0 Å². The lowest BCUT2D eigenvalue weighted by Gasteiger charge is -2.21. The molecule has 0 aliphatic heterocycles. The Hall–Kier alpha value is -3.59. The minimum Gasteiger partial charge on any atom is -0.372 e. The highest BCUT2D eigenvalue weighted by atomic mass is 15.1. The van der Waals surface area contributed by atoms with Gasteiger partial charge in [-0.25, -0.2) is 4.98 Å². The Bertz CT molecular complexity index is 909. The summed E-state index contributed by atoms with van der Waals surface area (Å²) in [5.74, 6) is 1.20. The zero-order valence-electron chi connectivity index (χ0n) is 15.5. The Morgan fingerprint density at radius 3 is 2.15 bits per heavy atom. The van der Waals surface area contributed by atoms with Crippen molar-refractivity contribution in [3.63, 3.8) is 0 Å². The van der Waals surface area contributed by atoms with E-state index in [-0.39, 0.29) is 0 Å². The van der Waals surface area contributed by atoms with Gasteiger partial charge in [-0.2, -0.15) is 10.2 Å². The van der Waals surface area contributed by atoms with Gasteiger partial charge in [0.25, 0.3) is 0 Å². The molecule has 0 saturated heterocycles. The molecule has 0 unspecified atom stereocenters. The van der Waals surface area contributed by atoms with Crippen molar-refractivity contribution >= 4 is 28.8 Å². The van der Waals surface area contributed by atoms with Crippen LogP contribution in [0.3, 0.4) is 0 Å². The fourth-order valence-electron chi connectivity index (χ4n) is 2.74. The highest BCUT2D eigenvalue weighted by molar-refractivity contribution is 5.62. The van der Waals surface area contributed by atoms with E-state index in [1.54, 1.807) is 18.3 Å². The number of nitrogens with one attached hydrogen (secondary N) is 2. The van der Waals surface area contributed by atoms with Crippen molar-refractivity contribution in [3.05, 3.63) is 66.4 Å². The molecule has 27 heavy (non-hydrogen) atoms. The molecule has 2 N–H and O–H groups in total. The first-order valence-electron chi connectivity index (χ1n) is 8.94. The van der Waals surface area contributed by atoms with E-state index in [0.717, 1.165) is 24.5 Å². The van der Waals surface area contributed by atoms with Gasteiger partial charge in [-0.1, -0.05) is 0 Å². The van der Waals surface area contributed by atoms with E-state index in [1.165, 1.54) is 5.69 Å². The van der Waals surface area contributed by atoms with Gasteiger partial charge in [-0.3, -0.25) is 0 Å². The Morgan fingerprint density at radius 2 is 1.52 bits per heavy atom. The minimum atomic E-state index is 0.490. The molecule has 0 atom stereocenters. The van der Waals surface area contributed by atoms with Crippen molar-refractivity contribution in [3.8, 4) is 6.07 Å². The fraction of sp³-hybridized carbons (Fsp3) is 0.190. The summed E-state index contributed by atoms with van der Waals surface area (Å²) in [6.07, 6.45) is 1.70. The summed E-state index contributed by atoms with van der Waals surface area (Å²) in [6.45, 7) is 6.27. The van der Waals surface area contributed by atoms with Gasteiger partial charge in [0.15, 0.2) is 0 Å². The van der Waals surface area contributed by atoms with Gasteiger partial charge >= 0.3 is 0 Å². The largest absolute Gasteiger partial charge is 0.372 e. The highest BCUT2D eigenvalue weighted by Gasteiger charge is 2.04. The average molecular weight is 358 g/mol. The number of rotatable bonds is 7. The predicted molar refractivity (Wildman–Crippen MR) is 110 cm³/mol. The average Bonchev–Trinajstić information content (AvgIpc) is 2.71. The maximum atomic E-state index is 8.86. The van der Waals surface area contributed by atoms with Crippen LogP contribution in [0.5, 0.6) is 0 Å². The van der Waals surface area contributed by atoms with Crippen LogP contribution in [0, 0.1) is 11.3 Å². The van der Waals surface area contributed by atoms with Gasteiger partial charge in [-0.15, -0.1) is 0 Å². The van der Waals surface area contributed by atoms with E-state index < -0.39 is 0 Å². The molecule has 136 valence electrons. The quantitative estimate of drug-likeness (QED) is 0.638. The minimum absolute atomic E-state index is 0.490. The van der Waals surface area contributed by atoms with E-state index in [0.29, 0.717) is 17.3 Å². The van der Waals surface area contributed by atoms with Crippen molar-refractivity contribution in [1.29, 1.82) is 5.26 Å². The lowest BCUT2D eigenvalue weighted by Crippen LogP contribution is -2.21. The molecular weight excluding hydrogens is 336 g/mol. The zero-order chi connectivity index (χ0) is 19.1. The third-order valence-corrected chi connectivity index (χ3v) is 4.19. The summed E-state index contributed by atoms with van der Waals surface area (Å²) in [5.41, 5.74) is 3.62. The SMILES string of the molecule is CCN(CC)c1ccc(Nc2ccnc(Nc3ccc(C#N)cc3)n2)cc1. The van der Waals surface area contributed by atoms with Gasteiger partial charge in [-0.05, 0) is 68.4 Å². The molecule has 0 amide bonds. The summed E-state index contributed by atoms with van der Waals surface area (Å²) in [7, 11) is 0. The topological polar surface area (TPSA) is 76.9 Å². The maximum absolute atomic E-state index is 8.86. The number of hydrogen-bond acceptors (Lipinski definition) is 6. The molecule has 0 radical (unpaired) electrons. The van der Waals surface area contributed by atoms with E-state index in [1.807, 2.05) is 30.3 Å². The van der Waals surface area contributed by atoms with Crippen molar-refractivity contribution in [2.24, 2.45) is 0 Å². The number of nitriles is 1. The van der Waals surface area contributed by atoms with Gasteiger partial charge < -0.3 is 15.5 Å². The number of aromatic nitrogens is 2. The Morgan fingerprint density at radius 1 is 0.889 bits per heavy atom. The third-order valence-electron chi connectivity index (χ3n) is 4.19. The Kier molecular flexibility index (Phi) is 5.85. The smallest absolute Gasteiger partial charge is 0.229 e. The summed E-state index contributed by atoms with van der Waals surface area (Å²) in [6, 6.07) is 19.4. The molecule has 0 spiro atoms. The van der Waals surface area contributed by atoms with Crippen molar-refractivity contribution in [2.75, 3.05) is 28.6 Å². The van der Waals surface area contributed by atoms with Crippen LogP contribution in [-0.2, 0) is 0 Å². The standard InChI is InChI=1S/C21H22N6/c1-3-27(4-2)19-11-9-17(10-12-19)24-20-13-14-23-21(26-20)25-18-7-5-16(15-22)6-8-18/h5-14H,3-4H2,1-2H3,(H2,23,24,25,26).